The van der Waals surface area contributed by atoms with E-state index in [1.165, 1.54) is 30.9 Å². The Kier molecular flexibility index (Phi) is 23.3. The van der Waals surface area contributed by atoms with Crippen molar-refractivity contribution in [2.45, 2.75) is 176 Å². The fourth-order valence-electron chi connectivity index (χ4n) is 12.3. The van der Waals surface area contributed by atoms with Gasteiger partial charge in [-0.3, -0.25) is 43.2 Å². The summed E-state index contributed by atoms with van der Waals surface area (Å²) in [4.78, 5) is 146. The first kappa shape index (κ1) is 64.0. The number of likely N-dealkylation sites (tertiary alicyclic amines) is 3. The maximum atomic E-state index is 15.2. The van der Waals surface area contributed by atoms with E-state index >= 15 is 4.79 Å². The van der Waals surface area contributed by atoms with Crippen LogP contribution in [0.1, 0.15) is 106 Å². The number of aliphatic hydroxyl groups is 2. The Hall–Kier alpha value is -6.62. The van der Waals surface area contributed by atoms with Crippen molar-refractivity contribution in [1.29, 1.82) is 0 Å². The van der Waals surface area contributed by atoms with Crippen LogP contribution in [-0.4, -0.2) is 206 Å². The number of amides is 9. The average Bonchev–Trinajstić information content (AvgIpc) is 4.39. The van der Waals surface area contributed by atoms with Gasteiger partial charge < -0.3 is 84.4 Å². The van der Waals surface area contributed by atoms with Crippen molar-refractivity contribution in [1.82, 2.24) is 46.2 Å². The number of thiophene rings is 1. The lowest BCUT2D eigenvalue weighted by atomic mass is 9.84. The number of carboxylic acid groups (broad SMARTS) is 1. The van der Waals surface area contributed by atoms with Crippen molar-refractivity contribution in [3.63, 3.8) is 0 Å². The minimum atomic E-state index is -1.63. The predicted octanol–water partition coefficient (Wildman–Crippen LogP) is -2.97. The normalized spacial score (nSPS) is 23.9. The van der Waals surface area contributed by atoms with E-state index < -0.39 is 133 Å². The van der Waals surface area contributed by atoms with Crippen LogP contribution in [0.3, 0.4) is 0 Å². The second-order valence-corrected chi connectivity index (χ2v) is 23.4. The van der Waals surface area contributed by atoms with Crippen LogP contribution in [-0.2, 0) is 67.3 Å². The summed E-state index contributed by atoms with van der Waals surface area (Å²) in [7, 11) is 0. The molecule has 7 rings (SSSR count). The van der Waals surface area contributed by atoms with Gasteiger partial charge in [-0.1, -0.05) is 43.2 Å². The number of β-amino-alcohol motifs (C(OH)–C–C–N with tert-alkyl or cyclic N) is 1. The van der Waals surface area contributed by atoms with E-state index in [1.807, 2.05) is 6.07 Å². The number of hydrogen-bond acceptors (Lipinski definition) is 17. The summed E-state index contributed by atoms with van der Waals surface area (Å²) in [6.07, 6.45) is 4.51. The Morgan fingerprint density at radius 2 is 1.33 bits per heavy atom. The first-order valence-corrected chi connectivity index (χ1v) is 30.0. The van der Waals surface area contributed by atoms with E-state index in [9.17, 15) is 58.5 Å². The Balaban J connectivity index is 1.03. The SMILES string of the molecule is NCCC[C@@H](N)C(=O)N[C@@H](CCCN)C(=O)N1CCC[C@H]1C(=O)N1C[C@H](O)C[C@H]1C(=O)NCC(=O)N[C@@H](Cc1cccs1)C(=O)N[C@@H](CO)C(=O)N1Cc2ccccc2C[C@@H]1C(=O)N1[C@H](C(=O)N[C@@H](CCCN)C(=O)O)C[C@@H]2CCCC[C@@H]21. The molecule has 4 aliphatic heterocycles. The van der Waals surface area contributed by atoms with Crippen molar-refractivity contribution in [3.8, 4) is 0 Å². The molecule has 1 saturated carbocycles. The molecule has 83 heavy (non-hydrogen) atoms. The number of fused-ring (bicyclic) bond motifs is 2. The minimum Gasteiger partial charge on any atom is -0.480 e. The van der Waals surface area contributed by atoms with Crippen LogP contribution in [0.4, 0.5) is 0 Å². The second-order valence-electron chi connectivity index (χ2n) is 22.4. The zero-order valence-corrected chi connectivity index (χ0v) is 47.7. The molecule has 4 fully saturated rings. The van der Waals surface area contributed by atoms with Gasteiger partial charge in [0, 0.05) is 49.8 Å². The van der Waals surface area contributed by atoms with E-state index in [4.69, 9.17) is 22.9 Å². The summed E-state index contributed by atoms with van der Waals surface area (Å²) in [5.74, 6) is -7.39. The number of carbonyl (C=O) groups is 10. The summed E-state index contributed by atoms with van der Waals surface area (Å²) < 4.78 is 0. The van der Waals surface area contributed by atoms with Crippen LogP contribution in [0.2, 0.25) is 0 Å². The molecular weight excluding hydrogens is 1090 g/mol. The van der Waals surface area contributed by atoms with E-state index in [-0.39, 0.29) is 83.2 Å². The molecule has 1 aliphatic carbocycles. The number of aliphatic hydroxyl groups excluding tert-OH is 2. The summed E-state index contributed by atoms with van der Waals surface area (Å²) >= 11 is 1.29. The molecule has 2 aromatic rings. The fourth-order valence-corrected chi connectivity index (χ4v) is 13.1. The van der Waals surface area contributed by atoms with Crippen molar-refractivity contribution >= 4 is 70.5 Å². The van der Waals surface area contributed by atoms with Gasteiger partial charge in [0.05, 0.1) is 25.3 Å². The average molecular weight is 1180 g/mol. The summed E-state index contributed by atoms with van der Waals surface area (Å²) in [6, 6.07) is -0.330. The molecule has 0 radical (unpaired) electrons. The highest BCUT2D eigenvalue weighted by atomic mass is 32.1. The summed E-state index contributed by atoms with van der Waals surface area (Å²) in [5.41, 5.74) is 24.6. The van der Waals surface area contributed by atoms with E-state index in [1.54, 1.807) is 35.7 Å². The van der Waals surface area contributed by atoms with Crippen LogP contribution < -0.4 is 49.5 Å². The van der Waals surface area contributed by atoms with Gasteiger partial charge in [-0.25, -0.2) is 4.79 Å². The number of hydrogen-bond donors (Lipinski definition) is 12. The third kappa shape index (κ3) is 16.0. The van der Waals surface area contributed by atoms with Gasteiger partial charge in [0.15, 0.2) is 0 Å². The van der Waals surface area contributed by atoms with E-state index in [2.05, 4.69) is 26.6 Å². The van der Waals surface area contributed by atoms with Crippen LogP contribution >= 0.6 is 11.3 Å². The molecule has 0 bridgehead atoms. The number of nitrogens with one attached hydrogen (secondary N) is 5. The molecule has 1 aromatic carbocycles. The van der Waals surface area contributed by atoms with Gasteiger partial charge in [-0.2, -0.15) is 0 Å². The van der Waals surface area contributed by atoms with Crippen molar-refractivity contribution in [2.24, 2.45) is 28.9 Å². The highest BCUT2D eigenvalue weighted by Crippen LogP contribution is 2.41. The second kappa shape index (κ2) is 30.3. The molecule has 0 spiro atoms. The molecule has 456 valence electrons. The lowest BCUT2D eigenvalue weighted by molar-refractivity contribution is -0.153. The maximum Gasteiger partial charge on any atom is 0.326 e. The summed E-state index contributed by atoms with van der Waals surface area (Å²) in [6.45, 7) is -0.961. The molecule has 27 heteroatoms. The molecule has 9 amide bonds. The quantitative estimate of drug-likeness (QED) is 0.0425. The van der Waals surface area contributed by atoms with Gasteiger partial charge in [0.25, 0.3) is 0 Å². The fraction of sp³-hybridized carbons (Fsp3) is 0.643. The smallest absolute Gasteiger partial charge is 0.326 e. The van der Waals surface area contributed by atoms with Crippen LogP contribution in [0.15, 0.2) is 41.8 Å². The van der Waals surface area contributed by atoms with Gasteiger partial charge in [-0.15, -0.1) is 11.3 Å². The molecule has 16 N–H and O–H groups in total. The molecule has 0 unspecified atom stereocenters. The van der Waals surface area contributed by atoms with Crippen molar-refractivity contribution < 1.29 is 63.3 Å². The number of carboxylic acids is 1. The highest BCUT2D eigenvalue weighted by Gasteiger charge is 2.52. The van der Waals surface area contributed by atoms with Crippen LogP contribution in [0.5, 0.6) is 0 Å². The van der Waals surface area contributed by atoms with E-state index in [0.717, 1.165) is 24.8 Å². The largest absolute Gasteiger partial charge is 0.480 e. The highest BCUT2D eigenvalue weighted by molar-refractivity contribution is 7.09. The molecule has 3 saturated heterocycles. The van der Waals surface area contributed by atoms with E-state index in [0.29, 0.717) is 61.9 Å². The van der Waals surface area contributed by atoms with Crippen molar-refractivity contribution in [3.05, 3.63) is 57.8 Å². The summed E-state index contributed by atoms with van der Waals surface area (Å²) in [5, 5.41) is 46.5. The monoisotopic (exact) mass is 1180 g/mol. The molecule has 12 atom stereocenters. The molecule has 5 heterocycles. The Morgan fingerprint density at radius 1 is 0.651 bits per heavy atom. The third-order valence-electron chi connectivity index (χ3n) is 16.7. The zero-order valence-electron chi connectivity index (χ0n) is 46.9. The molecule has 1 aromatic heterocycles. The van der Waals surface area contributed by atoms with Crippen molar-refractivity contribution in [2.75, 3.05) is 45.9 Å². The lowest BCUT2D eigenvalue weighted by Crippen LogP contribution is -2.63. The Morgan fingerprint density at radius 3 is 2.01 bits per heavy atom. The number of rotatable bonds is 27. The molecule has 5 aliphatic rings. The zero-order chi connectivity index (χ0) is 59.9. The number of nitrogens with two attached hydrogens (primary N) is 4. The maximum absolute atomic E-state index is 15.2. The lowest BCUT2D eigenvalue weighted by Gasteiger charge is -2.42. The first-order valence-electron chi connectivity index (χ1n) is 29.1. The number of aliphatic carboxylic acids is 1. The van der Waals surface area contributed by atoms with Gasteiger partial charge in [0.1, 0.15) is 48.3 Å². The predicted molar refractivity (Wildman–Crippen MR) is 303 cm³/mol. The third-order valence-corrected chi connectivity index (χ3v) is 17.6. The Bertz CT molecular complexity index is 2630. The standard InChI is InChI=1S/C56H83N13O13S/c57-19-5-14-37(60)48(73)63-38(15-6-20-58)52(77)66-22-8-18-43(66)54(79)68-30-35(71)26-44(68)50(75)61-28-47(72)62-40(27-36-13-9-23-83-36)49(74)65-41(31-70)53(78)67-29-34-12-2-1-10-32(34)24-46(67)55(80)69-42-17-4-3-11-33(42)25-45(69)51(76)64-39(56(81)82)16-7-21-59/h1-2,9-10,12-13,23,33,35,37-46,70-71H,3-8,11,14-22,24-31,57-60H2,(H,61,75)(H,62,72)(H,63,73)(H,64,76)(H,65,74)(H,81,82)/t33-,35+,37+,38-,39-,40-,41-,42-,43-,44-,45-,46+/m0/s1. The molecule has 26 nitrogen and oxygen atoms in total. The number of nitrogens with zero attached hydrogens (tertiary/aromatic N) is 4. The van der Waals surface area contributed by atoms with Gasteiger partial charge in [0.2, 0.25) is 53.2 Å². The topological polar surface area (TPSA) is 409 Å². The Labute approximate surface area is 486 Å². The van der Waals surface area contributed by atoms with Gasteiger partial charge in [-0.05, 0) is 119 Å². The number of carbonyl (C=O) groups excluding carboxylic acids is 9. The minimum absolute atomic E-state index is 0.0416. The first-order chi connectivity index (χ1) is 39.9. The van der Waals surface area contributed by atoms with Crippen LogP contribution in [0.25, 0.3) is 0 Å². The van der Waals surface area contributed by atoms with Crippen LogP contribution in [0, 0.1) is 5.92 Å². The molecular formula is C56H83N13O13S. The van der Waals surface area contributed by atoms with Gasteiger partial charge >= 0.3 is 5.97 Å². The number of benzene rings is 1.